The van der Waals surface area contributed by atoms with Gasteiger partial charge in [0.2, 0.25) is 0 Å². The average molecular weight is 222 g/mol. The first-order chi connectivity index (χ1) is 7.76. The molecule has 0 bridgehead atoms. The molecule has 0 radical (unpaired) electrons. The maximum Gasteiger partial charge on any atom is 0.126 e. The molecule has 16 heavy (non-hydrogen) atoms. The number of rotatable bonds is 6. The van der Waals surface area contributed by atoms with Crippen LogP contribution in [0.4, 0.5) is 4.39 Å². The van der Waals surface area contributed by atoms with Crippen LogP contribution in [-0.2, 0) is 6.42 Å². The zero-order valence-corrected chi connectivity index (χ0v) is 9.51. The highest BCUT2D eigenvalue weighted by Crippen LogP contribution is 2.43. The van der Waals surface area contributed by atoms with Crippen LogP contribution in [-0.4, -0.2) is 19.6 Å². The monoisotopic (exact) mass is 222 g/mol. The molecule has 2 nitrogen and oxygen atoms in total. The fourth-order valence-electron chi connectivity index (χ4n) is 1.91. The minimum atomic E-state index is -0.107. The predicted octanol–water partition coefficient (Wildman–Crippen LogP) is 1.70. The Labute approximate surface area is 96.0 Å². The molecule has 0 heterocycles. The minimum absolute atomic E-state index is 0.107. The van der Waals surface area contributed by atoms with Gasteiger partial charge in [0.15, 0.2) is 0 Å². The molecule has 3 heteroatoms. The average Bonchev–Trinajstić information content (AvgIpc) is 3.07. The first-order valence-corrected chi connectivity index (χ1v) is 5.90. The standard InChI is InChI=1S/C13H19FN2/c14-12-4-2-1-3-11(12)5-8-16-10-13(9-15)6-7-13/h1-4,16H,5-10,15H2. The van der Waals surface area contributed by atoms with Crippen molar-refractivity contribution in [3.63, 3.8) is 0 Å². The Morgan fingerprint density at radius 3 is 2.69 bits per heavy atom. The molecule has 1 aliphatic carbocycles. The molecule has 0 saturated heterocycles. The third kappa shape index (κ3) is 2.80. The summed E-state index contributed by atoms with van der Waals surface area (Å²) in [5, 5.41) is 3.37. The van der Waals surface area contributed by atoms with Crippen molar-refractivity contribution in [1.82, 2.24) is 5.32 Å². The summed E-state index contributed by atoms with van der Waals surface area (Å²) in [6, 6.07) is 6.95. The Balaban J connectivity index is 1.70. The van der Waals surface area contributed by atoms with E-state index in [1.165, 1.54) is 18.9 Å². The van der Waals surface area contributed by atoms with Gasteiger partial charge >= 0.3 is 0 Å². The summed E-state index contributed by atoms with van der Waals surface area (Å²) >= 11 is 0. The van der Waals surface area contributed by atoms with Gasteiger partial charge < -0.3 is 11.1 Å². The summed E-state index contributed by atoms with van der Waals surface area (Å²) in [4.78, 5) is 0. The number of nitrogens with two attached hydrogens (primary N) is 1. The van der Waals surface area contributed by atoms with Gasteiger partial charge in [-0.1, -0.05) is 18.2 Å². The normalized spacial score (nSPS) is 17.4. The lowest BCUT2D eigenvalue weighted by molar-refractivity contribution is 0.468. The van der Waals surface area contributed by atoms with E-state index in [0.717, 1.165) is 31.6 Å². The van der Waals surface area contributed by atoms with E-state index in [1.807, 2.05) is 12.1 Å². The van der Waals surface area contributed by atoms with E-state index in [-0.39, 0.29) is 5.82 Å². The van der Waals surface area contributed by atoms with Crippen LogP contribution in [0.3, 0.4) is 0 Å². The summed E-state index contributed by atoms with van der Waals surface area (Å²) in [5.74, 6) is -0.107. The predicted molar refractivity (Wildman–Crippen MR) is 63.7 cm³/mol. The third-order valence-electron chi connectivity index (χ3n) is 3.42. The van der Waals surface area contributed by atoms with Crippen LogP contribution in [0.2, 0.25) is 0 Å². The highest BCUT2D eigenvalue weighted by molar-refractivity contribution is 5.17. The molecule has 0 aromatic heterocycles. The summed E-state index contributed by atoms with van der Waals surface area (Å²) in [7, 11) is 0. The van der Waals surface area contributed by atoms with E-state index in [0.29, 0.717) is 5.41 Å². The summed E-state index contributed by atoms with van der Waals surface area (Å²) in [5.41, 5.74) is 6.83. The first kappa shape index (κ1) is 11.6. The molecule has 0 amide bonds. The molecule has 1 fully saturated rings. The highest BCUT2D eigenvalue weighted by Gasteiger charge is 2.40. The zero-order valence-electron chi connectivity index (χ0n) is 9.51. The molecule has 1 aromatic rings. The lowest BCUT2D eigenvalue weighted by atomic mass is 10.1. The molecule has 2 rings (SSSR count). The lowest BCUT2D eigenvalue weighted by Gasteiger charge is -2.13. The van der Waals surface area contributed by atoms with Gasteiger partial charge in [0.25, 0.3) is 0 Å². The van der Waals surface area contributed by atoms with Gasteiger partial charge in [-0.15, -0.1) is 0 Å². The van der Waals surface area contributed by atoms with Gasteiger partial charge in [0.05, 0.1) is 0 Å². The van der Waals surface area contributed by atoms with Crippen molar-refractivity contribution in [2.24, 2.45) is 11.1 Å². The smallest absolute Gasteiger partial charge is 0.126 e. The van der Waals surface area contributed by atoms with E-state index in [9.17, 15) is 4.39 Å². The number of hydrogen-bond acceptors (Lipinski definition) is 2. The molecule has 88 valence electrons. The molecule has 0 atom stereocenters. The van der Waals surface area contributed by atoms with E-state index < -0.39 is 0 Å². The Kier molecular flexibility index (Phi) is 3.56. The van der Waals surface area contributed by atoms with E-state index in [4.69, 9.17) is 5.73 Å². The van der Waals surface area contributed by atoms with Crippen molar-refractivity contribution < 1.29 is 4.39 Å². The van der Waals surface area contributed by atoms with Gasteiger partial charge in [-0.05, 0) is 49.4 Å². The molecule has 0 unspecified atom stereocenters. The zero-order chi connectivity index (χ0) is 11.4. The summed E-state index contributed by atoms with van der Waals surface area (Å²) in [6.45, 7) is 2.56. The van der Waals surface area contributed by atoms with E-state index in [1.54, 1.807) is 6.07 Å². The van der Waals surface area contributed by atoms with Crippen LogP contribution in [0.25, 0.3) is 0 Å². The van der Waals surface area contributed by atoms with Crippen LogP contribution in [0, 0.1) is 11.2 Å². The molecule has 3 N–H and O–H groups in total. The largest absolute Gasteiger partial charge is 0.330 e. The molecule has 0 aliphatic heterocycles. The molecule has 0 spiro atoms. The van der Waals surface area contributed by atoms with Crippen LogP contribution >= 0.6 is 0 Å². The number of benzene rings is 1. The van der Waals surface area contributed by atoms with Gasteiger partial charge in [0.1, 0.15) is 5.82 Å². The fourth-order valence-corrected chi connectivity index (χ4v) is 1.91. The molecule has 1 saturated carbocycles. The van der Waals surface area contributed by atoms with Crippen molar-refractivity contribution in [1.29, 1.82) is 0 Å². The third-order valence-corrected chi connectivity index (χ3v) is 3.42. The molecule has 1 aromatic carbocycles. The van der Waals surface area contributed by atoms with Gasteiger partial charge in [-0.2, -0.15) is 0 Å². The fraction of sp³-hybridized carbons (Fsp3) is 0.538. The summed E-state index contributed by atoms with van der Waals surface area (Å²) in [6.07, 6.45) is 3.21. The minimum Gasteiger partial charge on any atom is -0.330 e. The Hall–Kier alpha value is -0.930. The van der Waals surface area contributed by atoms with E-state index in [2.05, 4.69) is 5.32 Å². The van der Waals surface area contributed by atoms with Crippen molar-refractivity contribution in [3.05, 3.63) is 35.6 Å². The SMILES string of the molecule is NCC1(CNCCc2ccccc2F)CC1. The second-order valence-electron chi connectivity index (χ2n) is 4.72. The lowest BCUT2D eigenvalue weighted by Crippen LogP contribution is -2.31. The topological polar surface area (TPSA) is 38.0 Å². The van der Waals surface area contributed by atoms with Gasteiger partial charge in [-0.3, -0.25) is 0 Å². The number of hydrogen-bond donors (Lipinski definition) is 2. The van der Waals surface area contributed by atoms with Crippen LogP contribution in [0.15, 0.2) is 24.3 Å². The maximum absolute atomic E-state index is 13.3. The number of halogens is 1. The molecular formula is C13H19FN2. The first-order valence-electron chi connectivity index (χ1n) is 5.90. The van der Waals surface area contributed by atoms with Crippen molar-refractivity contribution in [2.45, 2.75) is 19.3 Å². The van der Waals surface area contributed by atoms with Crippen LogP contribution < -0.4 is 11.1 Å². The molecular weight excluding hydrogens is 203 g/mol. The molecule has 1 aliphatic rings. The van der Waals surface area contributed by atoms with Gasteiger partial charge in [-0.25, -0.2) is 4.39 Å². The second-order valence-corrected chi connectivity index (χ2v) is 4.72. The summed E-state index contributed by atoms with van der Waals surface area (Å²) < 4.78 is 13.3. The van der Waals surface area contributed by atoms with Crippen LogP contribution in [0.5, 0.6) is 0 Å². The van der Waals surface area contributed by atoms with Gasteiger partial charge in [0, 0.05) is 6.54 Å². The van der Waals surface area contributed by atoms with Crippen LogP contribution in [0.1, 0.15) is 18.4 Å². The Morgan fingerprint density at radius 1 is 1.31 bits per heavy atom. The number of nitrogens with one attached hydrogen (secondary N) is 1. The van der Waals surface area contributed by atoms with Crippen molar-refractivity contribution in [3.8, 4) is 0 Å². The van der Waals surface area contributed by atoms with Crippen molar-refractivity contribution in [2.75, 3.05) is 19.6 Å². The highest BCUT2D eigenvalue weighted by atomic mass is 19.1. The van der Waals surface area contributed by atoms with Crippen molar-refractivity contribution >= 4 is 0 Å². The Bertz CT molecular complexity index is 348. The quantitative estimate of drug-likeness (QED) is 0.719. The second kappa shape index (κ2) is 4.93. The van der Waals surface area contributed by atoms with E-state index >= 15 is 0 Å². The Morgan fingerprint density at radius 2 is 2.06 bits per heavy atom. The maximum atomic E-state index is 13.3.